The van der Waals surface area contributed by atoms with Crippen molar-refractivity contribution in [1.29, 1.82) is 0 Å². The van der Waals surface area contributed by atoms with Crippen molar-refractivity contribution in [2.45, 2.75) is 39.4 Å². The Balaban J connectivity index is 1.40. The summed E-state index contributed by atoms with van der Waals surface area (Å²) in [7, 11) is 0. The van der Waals surface area contributed by atoms with Crippen LogP contribution in [-0.4, -0.2) is 29.6 Å². The third-order valence-corrected chi connectivity index (χ3v) is 9.22. The number of hydrogen-bond donors (Lipinski definition) is 2. The molecular formula is C43H42N4O3. The molecule has 7 heteroatoms. The van der Waals surface area contributed by atoms with Crippen LogP contribution in [-0.2, 0) is 20.9 Å². The van der Waals surface area contributed by atoms with Gasteiger partial charge in [-0.1, -0.05) is 123 Å². The molecule has 252 valence electrons. The first-order chi connectivity index (χ1) is 24.2. The van der Waals surface area contributed by atoms with Gasteiger partial charge in [0, 0.05) is 11.1 Å². The van der Waals surface area contributed by atoms with E-state index in [1.165, 1.54) is 5.39 Å². The van der Waals surface area contributed by atoms with E-state index in [0.29, 0.717) is 17.8 Å². The smallest absolute Gasteiger partial charge is 0.272 e. The summed E-state index contributed by atoms with van der Waals surface area (Å²) < 4.78 is 0. The monoisotopic (exact) mass is 662 g/mol. The molecule has 3 amide bonds. The number of para-hydroxylation sites is 1. The molecule has 5 aromatic rings. The van der Waals surface area contributed by atoms with Gasteiger partial charge >= 0.3 is 0 Å². The van der Waals surface area contributed by atoms with E-state index in [-0.39, 0.29) is 24.8 Å². The van der Waals surface area contributed by atoms with E-state index in [0.717, 1.165) is 33.2 Å². The zero-order valence-corrected chi connectivity index (χ0v) is 28.5. The first-order valence-corrected chi connectivity index (χ1v) is 17.1. The zero-order valence-electron chi connectivity index (χ0n) is 28.5. The molecule has 0 bridgehead atoms. The lowest BCUT2D eigenvalue weighted by Gasteiger charge is -2.28. The minimum Gasteiger partial charge on any atom is -0.369 e. The number of benzene rings is 5. The van der Waals surface area contributed by atoms with Crippen molar-refractivity contribution in [3.05, 3.63) is 151 Å². The predicted octanol–water partition coefficient (Wildman–Crippen LogP) is 7.67. The SMILES string of the molecule is C=CC[C@H](C(N)=O)[C@@H](CC(C)C)C(=O)NC1N=C(c2ccccc2)c2ccccc2N(Cc2cccc(-c3ccc4ccccc4c3)c2)C1=O. The number of aliphatic imine (C=N–C) groups is 1. The van der Waals surface area contributed by atoms with Crippen molar-refractivity contribution in [2.24, 2.45) is 28.5 Å². The fourth-order valence-electron chi connectivity index (χ4n) is 6.78. The molecule has 0 spiro atoms. The molecule has 0 aromatic heterocycles. The van der Waals surface area contributed by atoms with Crippen molar-refractivity contribution in [1.82, 2.24) is 5.32 Å². The van der Waals surface area contributed by atoms with Crippen molar-refractivity contribution in [2.75, 3.05) is 4.90 Å². The van der Waals surface area contributed by atoms with Crippen LogP contribution in [0.4, 0.5) is 5.69 Å². The largest absolute Gasteiger partial charge is 0.369 e. The Kier molecular flexibility index (Phi) is 10.3. The van der Waals surface area contributed by atoms with Crippen molar-refractivity contribution in [3.63, 3.8) is 0 Å². The van der Waals surface area contributed by atoms with Gasteiger partial charge in [-0.2, -0.15) is 0 Å². The summed E-state index contributed by atoms with van der Waals surface area (Å²) in [4.78, 5) is 48.0. The van der Waals surface area contributed by atoms with Crippen LogP contribution in [0.25, 0.3) is 21.9 Å². The minimum atomic E-state index is -1.25. The number of amides is 3. The Morgan fingerprint density at radius 3 is 2.24 bits per heavy atom. The summed E-state index contributed by atoms with van der Waals surface area (Å²) in [5, 5.41) is 5.27. The summed E-state index contributed by atoms with van der Waals surface area (Å²) in [6.45, 7) is 7.99. The van der Waals surface area contributed by atoms with Crippen LogP contribution in [0.3, 0.4) is 0 Å². The lowest BCUT2D eigenvalue weighted by molar-refractivity contribution is -0.135. The quantitative estimate of drug-likeness (QED) is 0.134. The number of nitrogens with two attached hydrogens (primary N) is 1. The van der Waals surface area contributed by atoms with Crippen molar-refractivity contribution >= 4 is 39.9 Å². The third kappa shape index (κ3) is 7.42. The third-order valence-electron chi connectivity index (χ3n) is 9.22. The molecule has 0 aliphatic carbocycles. The van der Waals surface area contributed by atoms with Crippen LogP contribution in [0.1, 0.15) is 43.4 Å². The van der Waals surface area contributed by atoms with E-state index in [4.69, 9.17) is 10.7 Å². The molecule has 3 atom stereocenters. The van der Waals surface area contributed by atoms with Gasteiger partial charge < -0.3 is 16.0 Å². The molecule has 1 heterocycles. The van der Waals surface area contributed by atoms with E-state index in [1.807, 2.05) is 92.7 Å². The number of anilines is 1. The topological polar surface area (TPSA) is 105 Å². The van der Waals surface area contributed by atoms with Crippen LogP contribution in [0.5, 0.6) is 0 Å². The average Bonchev–Trinajstić information content (AvgIpc) is 3.24. The lowest BCUT2D eigenvalue weighted by Crippen LogP contribution is -2.50. The van der Waals surface area contributed by atoms with Gasteiger partial charge in [-0.15, -0.1) is 6.58 Å². The molecule has 0 saturated heterocycles. The van der Waals surface area contributed by atoms with Gasteiger partial charge in [-0.05, 0) is 64.4 Å². The van der Waals surface area contributed by atoms with Crippen molar-refractivity contribution in [3.8, 4) is 11.1 Å². The summed E-state index contributed by atoms with van der Waals surface area (Å²) in [6, 6.07) is 40.2. The van der Waals surface area contributed by atoms with E-state index in [1.54, 1.807) is 11.0 Å². The number of carbonyl (C=O) groups is 3. The second-order valence-corrected chi connectivity index (χ2v) is 13.2. The van der Waals surface area contributed by atoms with Gasteiger partial charge in [-0.3, -0.25) is 14.4 Å². The zero-order chi connectivity index (χ0) is 35.2. The standard InChI is InChI=1S/C43H42N4O3/c1-4-13-35(40(44)48)37(24-28(2)3)42(49)46-41-43(50)47(38-21-11-10-20-36(38)39(45-41)31-16-6-5-7-17-31)27-29-14-12-19-32(25-29)34-23-22-30-15-8-9-18-33(30)26-34/h4-12,14-23,25-26,28,35,37,41H,1,13,24,27H2,2-3H3,(H2,44,48)(H,46,49)/t35-,37+,41?/m0/s1. The second kappa shape index (κ2) is 15.2. The normalized spacial score (nSPS) is 15.5. The predicted molar refractivity (Wildman–Crippen MR) is 201 cm³/mol. The molecule has 0 radical (unpaired) electrons. The van der Waals surface area contributed by atoms with Crippen LogP contribution in [0.15, 0.2) is 139 Å². The Bertz CT molecular complexity index is 2070. The van der Waals surface area contributed by atoms with Gasteiger partial charge in [0.15, 0.2) is 0 Å². The van der Waals surface area contributed by atoms with Gasteiger partial charge in [0.05, 0.1) is 29.8 Å². The highest BCUT2D eigenvalue weighted by atomic mass is 16.2. The highest BCUT2D eigenvalue weighted by molar-refractivity contribution is 6.20. The van der Waals surface area contributed by atoms with Gasteiger partial charge in [-0.25, -0.2) is 4.99 Å². The Labute approximate surface area is 293 Å². The number of nitrogens with one attached hydrogen (secondary N) is 1. The van der Waals surface area contributed by atoms with Gasteiger partial charge in [0.2, 0.25) is 18.0 Å². The molecule has 1 unspecified atom stereocenters. The summed E-state index contributed by atoms with van der Waals surface area (Å²) >= 11 is 0. The maximum absolute atomic E-state index is 14.7. The van der Waals surface area contributed by atoms with Crippen LogP contribution in [0.2, 0.25) is 0 Å². The van der Waals surface area contributed by atoms with Gasteiger partial charge in [0.1, 0.15) is 0 Å². The summed E-state index contributed by atoms with van der Waals surface area (Å²) in [5.74, 6) is -2.82. The molecule has 0 saturated carbocycles. The fraction of sp³-hybridized carbons (Fsp3) is 0.209. The van der Waals surface area contributed by atoms with E-state index in [2.05, 4.69) is 54.4 Å². The number of benzodiazepines with no additional fused rings is 1. The fourth-order valence-corrected chi connectivity index (χ4v) is 6.78. The van der Waals surface area contributed by atoms with E-state index in [9.17, 15) is 14.4 Å². The van der Waals surface area contributed by atoms with Crippen LogP contribution in [0, 0.1) is 17.8 Å². The first kappa shape index (κ1) is 34.1. The van der Waals surface area contributed by atoms with E-state index >= 15 is 0 Å². The maximum Gasteiger partial charge on any atom is 0.272 e. The number of primary amides is 1. The highest BCUT2D eigenvalue weighted by Crippen LogP contribution is 2.32. The molecule has 7 nitrogen and oxygen atoms in total. The van der Waals surface area contributed by atoms with Crippen molar-refractivity contribution < 1.29 is 14.4 Å². The molecule has 50 heavy (non-hydrogen) atoms. The Morgan fingerprint density at radius 2 is 1.50 bits per heavy atom. The molecule has 1 aliphatic heterocycles. The Hall–Kier alpha value is -5.82. The number of allylic oxidation sites excluding steroid dienone is 1. The number of fused-ring (bicyclic) bond motifs is 2. The molecule has 1 aliphatic rings. The number of hydrogen-bond acceptors (Lipinski definition) is 4. The maximum atomic E-state index is 14.7. The number of rotatable bonds is 12. The summed E-state index contributed by atoms with van der Waals surface area (Å²) in [6.07, 6.45) is 1.01. The Morgan fingerprint density at radius 1 is 0.820 bits per heavy atom. The lowest BCUT2D eigenvalue weighted by atomic mass is 9.82. The second-order valence-electron chi connectivity index (χ2n) is 13.2. The number of carbonyl (C=O) groups excluding carboxylic acids is 3. The molecule has 6 rings (SSSR count). The minimum absolute atomic E-state index is 0.0984. The highest BCUT2D eigenvalue weighted by Gasteiger charge is 2.37. The van der Waals surface area contributed by atoms with E-state index < -0.39 is 29.8 Å². The number of nitrogens with zero attached hydrogens (tertiary/aromatic N) is 2. The average molecular weight is 663 g/mol. The molecular weight excluding hydrogens is 620 g/mol. The summed E-state index contributed by atoms with van der Waals surface area (Å²) in [5.41, 5.74) is 11.7. The molecule has 5 aromatic carbocycles. The first-order valence-electron chi connectivity index (χ1n) is 17.1. The molecule has 0 fully saturated rings. The van der Waals surface area contributed by atoms with Crippen LogP contribution >= 0.6 is 0 Å². The van der Waals surface area contributed by atoms with Crippen LogP contribution < -0.4 is 16.0 Å². The molecule has 3 N–H and O–H groups in total. The van der Waals surface area contributed by atoms with Gasteiger partial charge in [0.25, 0.3) is 5.91 Å².